The molecule has 0 atom stereocenters. The van der Waals surface area contributed by atoms with E-state index in [4.69, 9.17) is 12.2 Å². The minimum atomic E-state index is -1.11. The summed E-state index contributed by atoms with van der Waals surface area (Å²) in [4.78, 5) is 12.3. The van der Waals surface area contributed by atoms with Gasteiger partial charge in [-0.1, -0.05) is 18.2 Å². The fourth-order valence-corrected chi connectivity index (χ4v) is 1.29. The maximum Gasteiger partial charge on any atom is 0.172 e. The van der Waals surface area contributed by atoms with E-state index in [0.717, 1.165) is 0 Å². The van der Waals surface area contributed by atoms with Crippen LogP contribution in [-0.2, 0) is 11.2 Å². The van der Waals surface area contributed by atoms with Crippen molar-refractivity contribution in [1.29, 1.82) is 0 Å². The lowest BCUT2D eigenvalue weighted by molar-refractivity contribution is -0.304. The number of aliphatic carboxylic acids is 1. The van der Waals surface area contributed by atoms with Crippen LogP contribution in [0.25, 0.3) is 0 Å². The highest BCUT2D eigenvalue weighted by Crippen LogP contribution is 2.15. The quantitative estimate of drug-likeness (QED) is 0.763. The van der Waals surface area contributed by atoms with Crippen molar-refractivity contribution in [2.45, 2.75) is 6.42 Å². The van der Waals surface area contributed by atoms with Gasteiger partial charge in [-0.2, -0.15) is 0 Å². The third-order valence-electron chi connectivity index (χ3n) is 2.00. The Morgan fingerprint density at radius 2 is 2.06 bits per heavy atom. The Balaban J connectivity index is 2.86. The Hall–Kier alpha value is -1.62. The summed E-state index contributed by atoms with van der Waals surface area (Å²) >= 11 is 5.08. The molecule has 0 amide bonds. The summed E-state index contributed by atoms with van der Waals surface area (Å²) in [5.74, 6) is -1.11. The fourth-order valence-electron chi connectivity index (χ4n) is 1.18. The SMILES string of the molecule is CN(C)C(=S)Nc1ccccc1CC(=O)[O-]. The van der Waals surface area contributed by atoms with Crippen molar-refractivity contribution in [3.05, 3.63) is 29.8 Å². The molecular weight excluding hydrogens is 224 g/mol. The average molecular weight is 237 g/mol. The first-order valence-electron chi connectivity index (χ1n) is 4.76. The molecule has 0 radical (unpaired) electrons. The molecule has 0 aromatic heterocycles. The van der Waals surface area contributed by atoms with Crippen molar-refractivity contribution in [3.63, 3.8) is 0 Å². The van der Waals surface area contributed by atoms with Crippen molar-refractivity contribution in [2.24, 2.45) is 0 Å². The third kappa shape index (κ3) is 3.51. The number of anilines is 1. The normalized spacial score (nSPS) is 9.62. The predicted molar refractivity (Wildman–Crippen MR) is 65.1 cm³/mol. The number of hydrogen-bond acceptors (Lipinski definition) is 3. The topological polar surface area (TPSA) is 55.4 Å². The van der Waals surface area contributed by atoms with E-state index >= 15 is 0 Å². The Morgan fingerprint density at radius 3 is 2.62 bits per heavy atom. The van der Waals surface area contributed by atoms with E-state index in [1.165, 1.54) is 0 Å². The minimum Gasteiger partial charge on any atom is -0.550 e. The molecule has 0 fully saturated rings. The zero-order valence-electron chi connectivity index (χ0n) is 9.19. The Bertz CT molecular complexity index is 405. The van der Waals surface area contributed by atoms with Crippen molar-refractivity contribution in [2.75, 3.05) is 19.4 Å². The zero-order valence-corrected chi connectivity index (χ0v) is 10.0. The first-order chi connectivity index (χ1) is 7.50. The fraction of sp³-hybridized carbons (Fsp3) is 0.273. The smallest absolute Gasteiger partial charge is 0.172 e. The van der Waals surface area contributed by atoms with Gasteiger partial charge in [0.2, 0.25) is 0 Å². The Kier molecular flexibility index (Phi) is 4.25. The number of nitrogens with zero attached hydrogens (tertiary/aromatic N) is 1. The molecule has 0 heterocycles. The van der Waals surface area contributed by atoms with Gasteiger partial charge in [0.1, 0.15) is 0 Å². The van der Waals surface area contributed by atoms with Gasteiger partial charge in [-0.15, -0.1) is 0 Å². The highest BCUT2D eigenvalue weighted by atomic mass is 32.1. The Labute approximate surface area is 99.9 Å². The van der Waals surface area contributed by atoms with Crippen LogP contribution < -0.4 is 10.4 Å². The zero-order chi connectivity index (χ0) is 12.1. The molecule has 16 heavy (non-hydrogen) atoms. The van der Waals surface area contributed by atoms with Crippen LogP contribution in [0.2, 0.25) is 0 Å². The monoisotopic (exact) mass is 237 g/mol. The minimum absolute atomic E-state index is 0.126. The van der Waals surface area contributed by atoms with E-state index < -0.39 is 5.97 Å². The van der Waals surface area contributed by atoms with Crippen LogP contribution in [0.4, 0.5) is 5.69 Å². The summed E-state index contributed by atoms with van der Waals surface area (Å²) in [6, 6.07) is 7.12. The maximum absolute atomic E-state index is 10.6. The molecule has 0 bridgehead atoms. The van der Waals surface area contributed by atoms with Gasteiger partial charge in [0.25, 0.3) is 0 Å². The summed E-state index contributed by atoms with van der Waals surface area (Å²) in [6.07, 6.45) is -0.126. The van der Waals surface area contributed by atoms with Crippen LogP contribution in [0.3, 0.4) is 0 Å². The molecule has 0 saturated carbocycles. The maximum atomic E-state index is 10.6. The number of para-hydroxylation sites is 1. The van der Waals surface area contributed by atoms with Crippen LogP contribution in [0.5, 0.6) is 0 Å². The van der Waals surface area contributed by atoms with Gasteiger partial charge in [-0.25, -0.2) is 0 Å². The van der Waals surface area contributed by atoms with Crippen LogP contribution in [-0.4, -0.2) is 30.1 Å². The highest BCUT2D eigenvalue weighted by molar-refractivity contribution is 7.80. The van der Waals surface area contributed by atoms with Crippen molar-refractivity contribution in [3.8, 4) is 0 Å². The van der Waals surface area contributed by atoms with Gasteiger partial charge in [0.15, 0.2) is 5.11 Å². The summed E-state index contributed by atoms with van der Waals surface area (Å²) in [6.45, 7) is 0. The van der Waals surface area contributed by atoms with E-state index in [1.54, 1.807) is 23.1 Å². The van der Waals surface area contributed by atoms with Gasteiger partial charge in [-0.3, -0.25) is 0 Å². The number of nitrogens with one attached hydrogen (secondary N) is 1. The van der Waals surface area contributed by atoms with Gasteiger partial charge >= 0.3 is 0 Å². The molecule has 0 aliphatic rings. The molecule has 5 heteroatoms. The first kappa shape index (κ1) is 12.4. The molecule has 1 rings (SSSR count). The molecular formula is C11H13N2O2S-. The van der Waals surface area contributed by atoms with Gasteiger partial charge in [0.05, 0.1) is 0 Å². The number of carboxylic acid groups (broad SMARTS) is 1. The molecule has 0 aliphatic carbocycles. The number of carbonyl (C=O) groups is 1. The number of benzene rings is 1. The second kappa shape index (κ2) is 5.46. The molecule has 0 spiro atoms. The van der Waals surface area contributed by atoms with Crippen LogP contribution >= 0.6 is 12.2 Å². The third-order valence-corrected chi connectivity index (χ3v) is 2.47. The number of rotatable bonds is 3. The summed E-state index contributed by atoms with van der Waals surface area (Å²) in [5.41, 5.74) is 1.36. The number of carbonyl (C=O) groups excluding carboxylic acids is 1. The molecule has 1 aromatic carbocycles. The lowest BCUT2D eigenvalue weighted by Gasteiger charge is -2.18. The standard InChI is InChI=1S/C11H14N2O2S/c1-13(2)11(16)12-9-6-4-3-5-8(9)7-10(14)15/h3-6H,7H2,1-2H3,(H,12,16)(H,14,15)/p-1. The van der Waals surface area contributed by atoms with E-state index in [2.05, 4.69) is 5.32 Å². The van der Waals surface area contributed by atoms with Crippen molar-refractivity contribution < 1.29 is 9.90 Å². The molecule has 1 N–H and O–H groups in total. The number of hydrogen-bond donors (Lipinski definition) is 1. The average Bonchev–Trinajstić information content (AvgIpc) is 2.20. The van der Waals surface area contributed by atoms with E-state index in [-0.39, 0.29) is 6.42 Å². The molecule has 0 saturated heterocycles. The van der Waals surface area contributed by atoms with Crippen LogP contribution in [0, 0.1) is 0 Å². The van der Waals surface area contributed by atoms with Gasteiger partial charge in [0, 0.05) is 32.2 Å². The van der Waals surface area contributed by atoms with Crippen LogP contribution in [0.15, 0.2) is 24.3 Å². The van der Waals surface area contributed by atoms with E-state index in [9.17, 15) is 9.90 Å². The molecule has 0 aliphatic heterocycles. The second-order valence-corrected chi connectivity index (χ2v) is 3.92. The van der Waals surface area contributed by atoms with E-state index in [1.807, 2.05) is 20.2 Å². The molecule has 1 aromatic rings. The van der Waals surface area contributed by atoms with Crippen molar-refractivity contribution >= 4 is 29.0 Å². The first-order valence-corrected chi connectivity index (χ1v) is 5.17. The lowest BCUT2D eigenvalue weighted by Crippen LogP contribution is -2.29. The second-order valence-electron chi connectivity index (χ2n) is 3.53. The molecule has 0 unspecified atom stereocenters. The molecule has 4 nitrogen and oxygen atoms in total. The van der Waals surface area contributed by atoms with Crippen LogP contribution in [0.1, 0.15) is 5.56 Å². The lowest BCUT2D eigenvalue weighted by atomic mass is 10.1. The summed E-state index contributed by atoms with van der Waals surface area (Å²) < 4.78 is 0. The summed E-state index contributed by atoms with van der Waals surface area (Å²) in [5, 5.41) is 14.1. The Morgan fingerprint density at radius 1 is 1.44 bits per heavy atom. The van der Waals surface area contributed by atoms with E-state index in [0.29, 0.717) is 16.4 Å². The summed E-state index contributed by atoms with van der Waals surface area (Å²) in [7, 11) is 3.63. The number of thiocarbonyl (C=S) groups is 1. The number of carboxylic acids is 1. The molecule has 86 valence electrons. The predicted octanol–water partition coefficient (Wildman–Crippen LogP) is 0.237. The largest absolute Gasteiger partial charge is 0.550 e. The van der Waals surface area contributed by atoms with Gasteiger partial charge < -0.3 is 20.1 Å². The highest BCUT2D eigenvalue weighted by Gasteiger charge is 2.04. The van der Waals surface area contributed by atoms with Gasteiger partial charge in [-0.05, 0) is 23.8 Å². The van der Waals surface area contributed by atoms with Crippen molar-refractivity contribution in [1.82, 2.24) is 4.90 Å².